The third-order valence-corrected chi connectivity index (χ3v) is 0. The van der Waals surface area contributed by atoms with E-state index in [2.05, 4.69) is 81.2 Å². The molecule has 222 valence electrons. The SMILES string of the molecule is C.FC(Cl)Cl.FC(F)(Br)Br.FC(F)(Cl)Cl.FC(F)(F)Cl.FC(F)Cl.FC(F)I.FCCl.FCF. The van der Waals surface area contributed by atoms with Gasteiger partial charge >= 0.3 is 20.1 Å². The van der Waals surface area contributed by atoms with Gasteiger partial charge in [0.05, 0.1) is 0 Å². The van der Waals surface area contributed by atoms with Gasteiger partial charge in [-0.3, -0.25) is 0 Å². The fourth-order valence-corrected chi connectivity index (χ4v) is 0. The minimum atomic E-state index is -4.53. The topological polar surface area (TPSA) is 0 Å². The van der Waals surface area contributed by atoms with Crippen LogP contribution in [0, 0.1) is 0 Å². The first-order chi connectivity index (χ1) is 14.0. The Morgan fingerprint density at radius 2 is 0.706 bits per heavy atom. The van der Waals surface area contributed by atoms with Crippen molar-refractivity contribution < 1.29 is 65.9 Å². The molecule has 0 aromatic carbocycles. The van der Waals surface area contributed by atoms with Crippen molar-refractivity contribution in [2.24, 2.45) is 0 Å². The molecule has 0 radical (unpaired) electrons. The monoisotopic (exact) mass is 934 g/mol. The van der Waals surface area contributed by atoms with Gasteiger partial charge in [-0.1, -0.05) is 53.8 Å². The number of alkyl halides is 25. The first-order valence-electron chi connectivity index (χ1n) is 5.30. The van der Waals surface area contributed by atoms with Gasteiger partial charge in [0.25, 0.3) is 4.43 Å². The molecule has 34 heavy (non-hydrogen) atoms. The van der Waals surface area contributed by atoms with Crippen molar-refractivity contribution in [2.45, 2.75) is 37.1 Å². The standard InChI is InChI=1S/CBr2F2.CCl2F2.CHCl2F.CClF3.CHClF2.CH2ClF.CHF2I.CH2F2.CH4/c2*2-1(3,4)5;2-1(3)4;2-1(3,4)5;2-1(3)4;2-1-3;2-1(3)4;2-1-3;/h;;1H;;1H;1H2;1H;1H2;1H4. The van der Waals surface area contributed by atoms with E-state index in [4.69, 9.17) is 0 Å². The lowest BCUT2D eigenvalue weighted by atomic mass is 11.6. The van der Waals surface area contributed by atoms with Gasteiger partial charge in [0.2, 0.25) is 12.0 Å². The molecule has 0 unspecified atom stereocenters. The van der Waals surface area contributed by atoms with Crippen LogP contribution in [0.25, 0.3) is 0 Å². The summed E-state index contributed by atoms with van der Waals surface area (Å²) in [7, 11) is 0. The maximum Gasteiger partial charge on any atom is 0.475 e. The molecule has 0 rings (SSSR count). The maximum absolute atomic E-state index is 10.9. The average molecular weight is 939 g/mol. The van der Waals surface area contributed by atoms with E-state index in [0.29, 0.717) is 0 Å². The molecule has 0 heterocycles. The van der Waals surface area contributed by atoms with Crippen LogP contribution in [0.3, 0.4) is 0 Å². The zero-order valence-corrected chi connectivity index (χ0v) is 24.7. The lowest BCUT2D eigenvalue weighted by Gasteiger charge is -1.88. The molecule has 0 fully saturated rings. The van der Waals surface area contributed by atoms with E-state index in [1.54, 1.807) is 0 Å². The van der Waals surface area contributed by atoms with Crippen molar-refractivity contribution in [3.05, 3.63) is 0 Å². The highest BCUT2D eigenvalue weighted by molar-refractivity contribution is 14.1. The van der Waals surface area contributed by atoms with Crippen molar-refractivity contribution >= 4 is 136 Å². The summed E-state index contributed by atoms with van der Waals surface area (Å²) in [5.74, 6) is -2.69. The van der Waals surface area contributed by atoms with E-state index in [9.17, 15) is 65.9 Å². The van der Waals surface area contributed by atoms with Gasteiger partial charge in [-0.25, -0.2) is 17.6 Å². The summed E-state index contributed by atoms with van der Waals surface area (Å²) in [6, 6.07) is 0. The Bertz CT molecular complexity index is 240. The van der Waals surface area contributed by atoms with Crippen molar-refractivity contribution in [2.75, 3.05) is 13.1 Å². The van der Waals surface area contributed by atoms with Crippen molar-refractivity contribution in [1.82, 2.24) is 0 Å². The van der Waals surface area contributed by atoms with Crippen LogP contribution in [0.4, 0.5) is 65.9 Å². The van der Waals surface area contributed by atoms with E-state index in [-0.39, 0.29) is 7.43 Å². The molecule has 0 bridgehead atoms. The molecular weight excluding hydrogens is 928 g/mol. The molecule has 0 aromatic heterocycles. The summed E-state index contributed by atoms with van der Waals surface area (Å²) in [6.45, 7) is -1.75. The molecule has 0 aliphatic carbocycles. The highest BCUT2D eigenvalue weighted by Gasteiger charge is 2.20. The average Bonchev–Trinajstić information content (AvgIpc) is 2.30. The third kappa shape index (κ3) is 5510. The predicted molar refractivity (Wildman–Crippen MR) is 125 cm³/mol. The van der Waals surface area contributed by atoms with E-state index < -0.39 is 42.7 Å². The Labute approximate surface area is 249 Å². The zero-order valence-electron chi connectivity index (χ0n) is 14.1. The summed E-state index contributed by atoms with van der Waals surface area (Å²) in [4.78, 5) is -3.56. The van der Waals surface area contributed by atoms with Crippen LogP contribution in [-0.2, 0) is 0 Å². The molecule has 0 saturated carbocycles. The van der Waals surface area contributed by atoms with Crippen LogP contribution in [0.5, 0.6) is 0 Å². The second kappa shape index (κ2) is 42.7. The summed E-state index contributed by atoms with van der Waals surface area (Å²) in [5, 5.41) is -1.72. The molecule has 0 aliphatic heterocycles. The molecule has 0 amide bonds. The van der Waals surface area contributed by atoms with Crippen LogP contribution in [0.2, 0.25) is 0 Å². The number of hydrogen-bond acceptors (Lipinski definition) is 0. The van der Waals surface area contributed by atoms with Crippen LogP contribution in [0.1, 0.15) is 7.43 Å². The summed E-state index contributed by atoms with van der Waals surface area (Å²) >= 11 is 33.4. The van der Waals surface area contributed by atoms with Gasteiger partial charge in [0.15, 0.2) is 6.13 Å². The lowest BCUT2D eigenvalue weighted by Crippen LogP contribution is -1.89. The predicted octanol–water partition coefficient (Wildman–Crippen LogP) is 13.6. The van der Waals surface area contributed by atoms with Crippen molar-refractivity contribution in [3.8, 4) is 0 Å². The summed E-state index contributed by atoms with van der Waals surface area (Å²) in [5.41, 5.74) is -4.53. The van der Waals surface area contributed by atoms with Gasteiger partial charge in [-0.05, 0) is 57.4 Å². The Hall–Kier alpha value is 2.67. The molecule has 0 saturated heterocycles. The molecule has 0 aromatic rings. The highest BCUT2D eigenvalue weighted by atomic mass is 127. The first-order valence-corrected chi connectivity index (χ1v) is 11.1. The molecule has 25 heteroatoms. The van der Waals surface area contributed by atoms with Crippen LogP contribution in [-0.4, -0.2) is 42.7 Å². The quantitative estimate of drug-likeness (QED) is 0.129. The second-order valence-electron chi connectivity index (χ2n) is 2.23. The number of halogens is 25. The van der Waals surface area contributed by atoms with Gasteiger partial charge < -0.3 is 0 Å². The normalized spacial score (nSPS) is 9.53. The smallest absolute Gasteiger partial charge is 0.234 e. The largest absolute Gasteiger partial charge is 0.475 e. The van der Waals surface area contributed by atoms with Gasteiger partial charge in [0.1, 0.15) is 0 Å². The van der Waals surface area contributed by atoms with Gasteiger partial charge in [-0.2, -0.15) is 48.3 Å². The molecular formula is C9H11Br2Cl7F15I. The molecule has 0 aliphatic rings. The summed E-state index contributed by atoms with van der Waals surface area (Å²) < 4.78 is 149. The van der Waals surface area contributed by atoms with Crippen LogP contribution < -0.4 is 0 Å². The zero-order chi connectivity index (χ0) is 29.6. The highest BCUT2D eigenvalue weighted by Crippen LogP contribution is 2.28. The van der Waals surface area contributed by atoms with E-state index in [0.717, 1.165) is 22.6 Å². The van der Waals surface area contributed by atoms with Gasteiger partial charge in [0, 0.05) is 31.9 Å². The molecule has 0 spiro atoms. The van der Waals surface area contributed by atoms with Crippen molar-refractivity contribution in [1.29, 1.82) is 0 Å². The Morgan fingerprint density at radius 1 is 0.706 bits per heavy atom. The number of hydrogen-bond donors (Lipinski definition) is 0. The summed E-state index contributed by atoms with van der Waals surface area (Å²) in [6.07, 6.45) is -0.778. The van der Waals surface area contributed by atoms with Gasteiger partial charge in [-0.15, -0.1) is 0 Å². The Morgan fingerprint density at radius 3 is 0.706 bits per heavy atom. The van der Waals surface area contributed by atoms with Crippen LogP contribution >= 0.6 is 136 Å². The first kappa shape index (κ1) is 60.9. The minimum Gasteiger partial charge on any atom is -0.234 e. The van der Waals surface area contributed by atoms with E-state index in [1.807, 2.05) is 31.9 Å². The Kier molecular flexibility index (Phi) is 76.6. The Balaban J connectivity index is -0.0000000301. The van der Waals surface area contributed by atoms with E-state index in [1.165, 1.54) is 0 Å². The fraction of sp³-hybridized carbons (Fsp3) is 1.00. The molecule has 0 N–H and O–H groups in total. The fourth-order valence-electron chi connectivity index (χ4n) is 0. The lowest BCUT2D eigenvalue weighted by molar-refractivity contribution is -0.0420. The second-order valence-corrected chi connectivity index (χ2v) is 9.32. The minimum absolute atomic E-state index is 0. The van der Waals surface area contributed by atoms with Crippen LogP contribution in [0.15, 0.2) is 0 Å². The number of rotatable bonds is 0. The molecule has 0 nitrogen and oxygen atoms in total. The molecule has 0 atom stereocenters. The third-order valence-electron chi connectivity index (χ3n) is 0. The maximum atomic E-state index is 10.9. The van der Waals surface area contributed by atoms with Crippen molar-refractivity contribution in [3.63, 3.8) is 0 Å². The van der Waals surface area contributed by atoms with E-state index >= 15 is 0 Å².